The molecule has 1 aromatic carbocycles. The zero-order valence-electron chi connectivity index (χ0n) is 10.3. The second kappa shape index (κ2) is 4.64. The van der Waals surface area contributed by atoms with Crippen LogP contribution in [0.1, 0.15) is 17.7 Å². The molecule has 1 aliphatic rings. The first-order valence-corrected chi connectivity index (χ1v) is 6.08. The monoisotopic (exact) mass is 258 g/mol. The lowest BCUT2D eigenvalue weighted by molar-refractivity contribution is -0.116. The van der Waals surface area contributed by atoms with Crippen molar-refractivity contribution < 1.29 is 9.32 Å². The quantitative estimate of drug-likeness (QED) is 0.729. The van der Waals surface area contributed by atoms with Gasteiger partial charge < -0.3 is 20.9 Å². The summed E-state index contributed by atoms with van der Waals surface area (Å²) < 4.78 is 5.00. The van der Waals surface area contributed by atoms with Gasteiger partial charge in [0.15, 0.2) is 5.76 Å². The molecule has 0 unspecified atom stereocenters. The standard InChI is InChI=1S/C13H14N4O2/c14-10-5-8-1-2-13(18)17-11(8)6-12(10)15-7-9-3-4-16-19-9/h3-6,15H,1-2,7,14H2,(H,17,18). The van der Waals surface area contributed by atoms with E-state index in [0.29, 0.717) is 18.7 Å². The molecule has 1 aliphatic heterocycles. The van der Waals surface area contributed by atoms with Gasteiger partial charge in [-0.3, -0.25) is 4.79 Å². The van der Waals surface area contributed by atoms with Gasteiger partial charge in [-0.1, -0.05) is 5.16 Å². The van der Waals surface area contributed by atoms with E-state index in [0.717, 1.165) is 29.1 Å². The minimum atomic E-state index is 0.0402. The number of amides is 1. The Hall–Kier alpha value is -2.50. The third kappa shape index (κ3) is 2.37. The van der Waals surface area contributed by atoms with Gasteiger partial charge in [0.25, 0.3) is 0 Å². The highest BCUT2D eigenvalue weighted by molar-refractivity contribution is 5.95. The van der Waals surface area contributed by atoms with E-state index in [2.05, 4.69) is 15.8 Å². The maximum atomic E-state index is 11.4. The molecule has 1 aromatic heterocycles. The van der Waals surface area contributed by atoms with Crippen molar-refractivity contribution in [3.8, 4) is 0 Å². The Morgan fingerprint density at radius 3 is 3.11 bits per heavy atom. The Kier molecular flexibility index (Phi) is 2.83. The largest absolute Gasteiger partial charge is 0.397 e. The van der Waals surface area contributed by atoms with Crippen molar-refractivity contribution in [2.75, 3.05) is 16.4 Å². The van der Waals surface area contributed by atoms with E-state index < -0.39 is 0 Å². The summed E-state index contributed by atoms with van der Waals surface area (Å²) in [6, 6.07) is 5.54. The number of aromatic nitrogens is 1. The Morgan fingerprint density at radius 1 is 1.42 bits per heavy atom. The van der Waals surface area contributed by atoms with Crippen molar-refractivity contribution in [3.05, 3.63) is 35.7 Å². The Balaban J connectivity index is 1.81. The van der Waals surface area contributed by atoms with Crippen LogP contribution in [0.4, 0.5) is 17.1 Å². The molecular formula is C13H14N4O2. The molecule has 0 atom stereocenters. The van der Waals surface area contributed by atoms with Gasteiger partial charge in [-0.05, 0) is 24.1 Å². The number of hydrogen-bond donors (Lipinski definition) is 3. The minimum absolute atomic E-state index is 0.0402. The molecule has 0 fully saturated rings. The van der Waals surface area contributed by atoms with Crippen molar-refractivity contribution in [1.82, 2.24) is 5.16 Å². The van der Waals surface area contributed by atoms with E-state index in [9.17, 15) is 4.79 Å². The summed E-state index contributed by atoms with van der Waals surface area (Å²) in [5.41, 5.74) is 9.33. The van der Waals surface area contributed by atoms with Gasteiger partial charge in [0.05, 0.1) is 24.1 Å². The van der Waals surface area contributed by atoms with Crippen LogP contribution in [0.2, 0.25) is 0 Å². The molecular weight excluding hydrogens is 244 g/mol. The number of nitrogens with one attached hydrogen (secondary N) is 2. The first kappa shape index (κ1) is 11.6. The highest BCUT2D eigenvalue weighted by Gasteiger charge is 2.16. The Bertz CT molecular complexity index is 607. The molecule has 1 amide bonds. The second-order valence-corrected chi connectivity index (χ2v) is 4.48. The molecule has 0 aliphatic carbocycles. The molecule has 2 aromatic rings. The summed E-state index contributed by atoms with van der Waals surface area (Å²) in [5.74, 6) is 0.764. The average molecular weight is 258 g/mol. The number of anilines is 3. The number of benzene rings is 1. The molecule has 4 N–H and O–H groups in total. The Labute approximate surface area is 110 Å². The van der Waals surface area contributed by atoms with E-state index in [1.807, 2.05) is 12.1 Å². The third-order valence-corrected chi connectivity index (χ3v) is 3.12. The number of nitrogens with zero attached hydrogens (tertiary/aromatic N) is 1. The summed E-state index contributed by atoms with van der Waals surface area (Å²) in [7, 11) is 0. The van der Waals surface area contributed by atoms with Crippen LogP contribution >= 0.6 is 0 Å². The first-order chi connectivity index (χ1) is 9.22. The molecule has 0 saturated carbocycles. The summed E-state index contributed by atoms with van der Waals surface area (Å²) in [6.07, 6.45) is 2.83. The number of nitrogens with two attached hydrogens (primary N) is 1. The van der Waals surface area contributed by atoms with Crippen LogP contribution in [-0.2, 0) is 17.8 Å². The lowest BCUT2D eigenvalue weighted by atomic mass is 10.0. The fraction of sp³-hybridized carbons (Fsp3) is 0.231. The van der Waals surface area contributed by atoms with Crippen LogP contribution in [0.5, 0.6) is 0 Å². The maximum Gasteiger partial charge on any atom is 0.224 e. The van der Waals surface area contributed by atoms with Crippen LogP contribution < -0.4 is 16.4 Å². The van der Waals surface area contributed by atoms with Crippen molar-refractivity contribution in [1.29, 1.82) is 0 Å². The van der Waals surface area contributed by atoms with Gasteiger partial charge in [0, 0.05) is 18.2 Å². The number of aryl methyl sites for hydroxylation is 1. The summed E-state index contributed by atoms with van der Waals surface area (Å²) in [5, 5.41) is 9.65. The summed E-state index contributed by atoms with van der Waals surface area (Å²) in [6.45, 7) is 0.497. The van der Waals surface area contributed by atoms with E-state index in [4.69, 9.17) is 10.3 Å². The van der Waals surface area contributed by atoms with E-state index in [-0.39, 0.29) is 5.91 Å². The van der Waals surface area contributed by atoms with Gasteiger partial charge in [0.2, 0.25) is 5.91 Å². The van der Waals surface area contributed by atoms with Crippen molar-refractivity contribution in [2.45, 2.75) is 19.4 Å². The minimum Gasteiger partial charge on any atom is -0.397 e. The van der Waals surface area contributed by atoms with Crippen molar-refractivity contribution in [3.63, 3.8) is 0 Å². The first-order valence-electron chi connectivity index (χ1n) is 6.08. The molecule has 6 nitrogen and oxygen atoms in total. The molecule has 19 heavy (non-hydrogen) atoms. The van der Waals surface area contributed by atoms with E-state index in [1.165, 1.54) is 0 Å². The predicted molar refractivity (Wildman–Crippen MR) is 71.6 cm³/mol. The smallest absolute Gasteiger partial charge is 0.224 e. The number of carbonyl (C=O) groups excluding carboxylic acids is 1. The molecule has 3 rings (SSSR count). The average Bonchev–Trinajstić information content (AvgIpc) is 2.90. The van der Waals surface area contributed by atoms with Crippen LogP contribution in [0.15, 0.2) is 28.9 Å². The highest BCUT2D eigenvalue weighted by Crippen LogP contribution is 2.31. The molecule has 0 radical (unpaired) electrons. The highest BCUT2D eigenvalue weighted by atomic mass is 16.5. The van der Waals surface area contributed by atoms with E-state index in [1.54, 1.807) is 12.3 Å². The molecule has 0 bridgehead atoms. The third-order valence-electron chi connectivity index (χ3n) is 3.12. The van der Waals surface area contributed by atoms with Crippen molar-refractivity contribution in [2.24, 2.45) is 0 Å². The van der Waals surface area contributed by atoms with Gasteiger partial charge in [-0.2, -0.15) is 0 Å². The maximum absolute atomic E-state index is 11.4. The van der Waals surface area contributed by atoms with Crippen LogP contribution in [0.3, 0.4) is 0 Å². The topological polar surface area (TPSA) is 93.2 Å². The fourth-order valence-corrected chi connectivity index (χ4v) is 2.12. The van der Waals surface area contributed by atoms with Crippen LogP contribution in [0.25, 0.3) is 0 Å². The molecule has 98 valence electrons. The fourth-order valence-electron chi connectivity index (χ4n) is 2.12. The van der Waals surface area contributed by atoms with Gasteiger partial charge in [-0.15, -0.1) is 0 Å². The van der Waals surface area contributed by atoms with Crippen LogP contribution in [0, 0.1) is 0 Å². The Morgan fingerprint density at radius 2 is 2.32 bits per heavy atom. The lowest BCUT2D eigenvalue weighted by Gasteiger charge is -2.19. The zero-order chi connectivity index (χ0) is 13.2. The number of fused-ring (bicyclic) bond motifs is 1. The number of carbonyl (C=O) groups is 1. The summed E-state index contributed by atoms with van der Waals surface area (Å²) in [4.78, 5) is 11.4. The van der Waals surface area contributed by atoms with E-state index >= 15 is 0 Å². The van der Waals surface area contributed by atoms with Gasteiger partial charge >= 0.3 is 0 Å². The lowest BCUT2D eigenvalue weighted by Crippen LogP contribution is -2.19. The van der Waals surface area contributed by atoms with Gasteiger partial charge in [0.1, 0.15) is 0 Å². The van der Waals surface area contributed by atoms with Crippen LogP contribution in [-0.4, -0.2) is 11.1 Å². The molecule has 0 spiro atoms. The number of hydrogen-bond acceptors (Lipinski definition) is 5. The normalized spacial score (nSPS) is 13.8. The second-order valence-electron chi connectivity index (χ2n) is 4.48. The molecule has 6 heteroatoms. The predicted octanol–water partition coefficient (Wildman–Crippen LogP) is 1.75. The summed E-state index contributed by atoms with van der Waals surface area (Å²) >= 11 is 0. The molecule has 0 saturated heterocycles. The SMILES string of the molecule is Nc1cc2c(cc1NCc1ccno1)NC(=O)CC2. The zero-order valence-corrected chi connectivity index (χ0v) is 10.3. The van der Waals surface area contributed by atoms with Gasteiger partial charge in [-0.25, -0.2) is 0 Å². The number of rotatable bonds is 3. The number of nitrogen functional groups attached to an aromatic ring is 1. The van der Waals surface area contributed by atoms with Crippen molar-refractivity contribution >= 4 is 23.0 Å². The molecule has 2 heterocycles.